The van der Waals surface area contributed by atoms with E-state index in [2.05, 4.69) is 282 Å². The molecule has 8 aromatic heterocycles. The van der Waals surface area contributed by atoms with Crippen molar-refractivity contribution < 1.29 is 8.83 Å². The number of nitriles is 4. The third-order valence-corrected chi connectivity index (χ3v) is 23.5. The standard InChI is InChI=1S/C100H52N10O2/c101-53-57-49-91(76(56-104)92(50-57)110-82-34-18-12-28-71(82)96-90(110)46-40-67-65-38-44-88-94(98(65)112-100(67)96)69-26-10-16-32-80(69)106(88)61-21-5-2-6-22-61)109-78-30-14-8-24-63(78)73-52-59(36-42-84(73)109)58-35-41-83-72(51-58)62-23-7-13-29-77(62)107(83)85-47-48-86(75(55-103)74(85)54-102)108-81-33-17-11-27-70(81)95-89(108)45-39-66-64-37-43-87-93(97(64)111-99(66)95)68-25-9-15-31-79(68)105(87)60-19-3-1-4-20-60/h1-52H. The Morgan fingerprint density at radius 1 is 0.196 bits per heavy atom. The molecule has 514 valence electrons. The average molecular weight is 1430 g/mol. The smallest absolute Gasteiger partial charge is 0.145 e. The maximum atomic E-state index is 11.8. The summed E-state index contributed by atoms with van der Waals surface area (Å²) in [7, 11) is 0. The number of para-hydroxylation sites is 8. The number of rotatable bonds is 7. The molecule has 24 aromatic rings. The van der Waals surface area contributed by atoms with E-state index in [-0.39, 0.29) is 11.1 Å². The van der Waals surface area contributed by atoms with Gasteiger partial charge < -0.3 is 36.2 Å². The number of fused-ring (bicyclic) bond motifs is 28. The summed E-state index contributed by atoms with van der Waals surface area (Å²) in [5.74, 6) is 0. The molecule has 0 aliphatic carbocycles. The van der Waals surface area contributed by atoms with Gasteiger partial charge in [-0.2, -0.15) is 21.0 Å². The highest BCUT2D eigenvalue weighted by atomic mass is 16.3. The van der Waals surface area contributed by atoms with Gasteiger partial charge >= 0.3 is 0 Å². The molecule has 112 heavy (non-hydrogen) atoms. The Labute approximate surface area is 635 Å². The fourth-order valence-corrected chi connectivity index (χ4v) is 19.0. The minimum Gasteiger partial charge on any atom is -0.455 e. The van der Waals surface area contributed by atoms with E-state index in [9.17, 15) is 21.0 Å². The van der Waals surface area contributed by atoms with Crippen molar-refractivity contribution in [3.05, 3.63) is 338 Å². The zero-order chi connectivity index (χ0) is 73.9. The molecule has 12 heteroatoms. The van der Waals surface area contributed by atoms with Gasteiger partial charge in [-0.15, -0.1) is 0 Å². The molecule has 0 fully saturated rings. The Balaban J connectivity index is 0.634. The van der Waals surface area contributed by atoms with Gasteiger partial charge in [-0.25, -0.2) is 0 Å². The summed E-state index contributed by atoms with van der Waals surface area (Å²) in [4.78, 5) is 0. The molecule has 0 aliphatic heterocycles. The van der Waals surface area contributed by atoms with E-state index >= 15 is 0 Å². The van der Waals surface area contributed by atoms with E-state index in [1.165, 1.54) is 0 Å². The summed E-state index contributed by atoms with van der Waals surface area (Å²) in [6.07, 6.45) is 0. The maximum Gasteiger partial charge on any atom is 0.145 e. The lowest BCUT2D eigenvalue weighted by atomic mass is 10.0. The molecule has 0 saturated carbocycles. The summed E-state index contributed by atoms with van der Waals surface area (Å²) >= 11 is 0. The normalized spacial score (nSPS) is 12.1. The minimum absolute atomic E-state index is 0.248. The number of nitrogens with zero attached hydrogens (tertiary/aromatic N) is 10. The summed E-state index contributed by atoms with van der Waals surface area (Å²) in [5, 5.41) is 61.9. The number of furan rings is 2. The van der Waals surface area contributed by atoms with Crippen LogP contribution < -0.4 is 0 Å². The first-order valence-electron chi connectivity index (χ1n) is 37.2. The molecule has 0 unspecified atom stereocenters. The van der Waals surface area contributed by atoms with E-state index in [1.807, 2.05) is 84.9 Å². The van der Waals surface area contributed by atoms with Crippen LogP contribution >= 0.6 is 0 Å². The van der Waals surface area contributed by atoms with Crippen LogP contribution in [0.15, 0.2) is 324 Å². The predicted octanol–water partition coefficient (Wildman–Crippen LogP) is 25.2. The van der Waals surface area contributed by atoms with Crippen LogP contribution in [0.3, 0.4) is 0 Å². The topological polar surface area (TPSA) is 151 Å². The lowest BCUT2D eigenvalue weighted by Crippen LogP contribution is -2.05. The Bertz CT molecular complexity index is 8570. The van der Waals surface area contributed by atoms with Crippen molar-refractivity contribution in [3.63, 3.8) is 0 Å². The minimum atomic E-state index is 0.248. The van der Waals surface area contributed by atoms with Crippen LogP contribution in [0.25, 0.3) is 220 Å². The first-order chi connectivity index (χ1) is 55.4. The Kier molecular flexibility index (Phi) is 12.4. The van der Waals surface area contributed by atoms with Crippen LogP contribution in [-0.4, -0.2) is 27.4 Å². The highest BCUT2D eigenvalue weighted by Crippen LogP contribution is 2.50. The number of benzene rings is 16. The van der Waals surface area contributed by atoms with Gasteiger partial charge in [0.05, 0.1) is 133 Å². The molecule has 8 heterocycles. The Hall–Kier alpha value is -16.1. The second kappa shape index (κ2) is 22.7. The van der Waals surface area contributed by atoms with Crippen molar-refractivity contribution in [3.8, 4) is 69.5 Å². The number of hydrogen-bond donors (Lipinski definition) is 0. The molecule has 0 saturated heterocycles. The quantitative estimate of drug-likeness (QED) is 0.155. The average Bonchev–Trinajstić information content (AvgIpc) is 1.54. The molecule has 0 amide bonds. The van der Waals surface area contributed by atoms with Crippen LogP contribution in [0.1, 0.15) is 22.3 Å². The SMILES string of the molecule is N#Cc1cc(-n2c3ccccc3c3cc(-c4ccc5c(c4)c4ccccc4n5-c4ccc(-n5c6ccccc6c6c7oc8c(ccc9c8c8ccccc8n9-c8ccccc8)c7ccc65)c(C#N)c4C#N)ccc32)c(C#N)c(-n2c3ccccc3c3c4oc5c(ccc6c5c5ccccc5n6-c5ccccc5)c4ccc32)c1. The molecule has 0 spiro atoms. The van der Waals surface area contributed by atoms with Crippen molar-refractivity contribution in [1.82, 2.24) is 27.4 Å². The predicted molar refractivity (Wildman–Crippen MR) is 451 cm³/mol. The highest BCUT2D eigenvalue weighted by Gasteiger charge is 2.30. The molecule has 0 N–H and O–H groups in total. The second-order valence-electron chi connectivity index (χ2n) is 29.0. The lowest BCUT2D eigenvalue weighted by Gasteiger charge is -2.16. The zero-order valence-corrected chi connectivity index (χ0v) is 59.3. The monoisotopic (exact) mass is 1420 g/mol. The molecule has 24 rings (SSSR count). The lowest BCUT2D eigenvalue weighted by molar-refractivity contribution is 0.676. The van der Waals surface area contributed by atoms with E-state index in [0.717, 1.165) is 197 Å². The highest BCUT2D eigenvalue weighted by molar-refractivity contribution is 6.31. The van der Waals surface area contributed by atoms with Gasteiger partial charge in [-0.1, -0.05) is 158 Å². The molecular formula is C100H52N10O2. The first-order valence-corrected chi connectivity index (χ1v) is 37.2. The zero-order valence-electron chi connectivity index (χ0n) is 59.3. The van der Waals surface area contributed by atoms with Gasteiger partial charge in [0, 0.05) is 76.0 Å². The van der Waals surface area contributed by atoms with Gasteiger partial charge in [-0.3, -0.25) is 0 Å². The van der Waals surface area contributed by atoms with Crippen molar-refractivity contribution in [1.29, 1.82) is 21.0 Å². The van der Waals surface area contributed by atoms with Gasteiger partial charge in [-0.05, 0) is 169 Å². The van der Waals surface area contributed by atoms with Crippen LogP contribution in [0.5, 0.6) is 0 Å². The fraction of sp³-hybridized carbons (Fsp3) is 0. The molecule has 0 aliphatic rings. The van der Waals surface area contributed by atoms with Gasteiger partial charge in [0.25, 0.3) is 0 Å². The molecule has 0 atom stereocenters. The summed E-state index contributed by atoms with van der Waals surface area (Å²) in [6, 6.07) is 119. The van der Waals surface area contributed by atoms with Crippen molar-refractivity contribution in [2.24, 2.45) is 0 Å². The van der Waals surface area contributed by atoms with Crippen LogP contribution in [0, 0.1) is 45.3 Å². The van der Waals surface area contributed by atoms with Gasteiger partial charge in [0.1, 0.15) is 46.1 Å². The van der Waals surface area contributed by atoms with E-state index in [4.69, 9.17) is 8.83 Å². The van der Waals surface area contributed by atoms with Crippen molar-refractivity contribution in [2.75, 3.05) is 0 Å². The molecule has 0 radical (unpaired) electrons. The summed E-state index contributed by atoms with van der Waals surface area (Å²) in [6.45, 7) is 0. The fourth-order valence-electron chi connectivity index (χ4n) is 19.0. The largest absolute Gasteiger partial charge is 0.455 e. The van der Waals surface area contributed by atoms with Crippen LogP contribution in [0.4, 0.5) is 0 Å². The first kappa shape index (κ1) is 61.1. The Morgan fingerprint density at radius 3 is 0.830 bits per heavy atom. The molecule has 0 bridgehead atoms. The third kappa shape index (κ3) is 8.07. The van der Waals surface area contributed by atoms with Gasteiger partial charge in [0.2, 0.25) is 0 Å². The van der Waals surface area contributed by atoms with Crippen molar-refractivity contribution in [2.45, 2.75) is 0 Å². The maximum absolute atomic E-state index is 11.8. The van der Waals surface area contributed by atoms with E-state index < -0.39 is 0 Å². The van der Waals surface area contributed by atoms with Crippen LogP contribution in [0.2, 0.25) is 0 Å². The second-order valence-corrected chi connectivity index (χ2v) is 29.0. The van der Waals surface area contributed by atoms with Crippen molar-refractivity contribution >= 4 is 175 Å². The van der Waals surface area contributed by atoms with E-state index in [0.29, 0.717) is 33.9 Å². The van der Waals surface area contributed by atoms with E-state index in [1.54, 1.807) is 0 Å². The molecule has 12 nitrogen and oxygen atoms in total. The molecule has 16 aromatic carbocycles. The number of aromatic nitrogens is 6. The third-order valence-electron chi connectivity index (χ3n) is 23.5. The summed E-state index contributed by atoms with van der Waals surface area (Å²) in [5.41, 5.74) is 22.0. The summed E-state index contributed by atoms with van der Waals surface area (Å²) < 4.78 is 27.6. The molecular weight excluding hydrogens is 1370 g/mol. The number of hydrogen-bond acceptors (Lipinski definition) is 6. The van der Waals surface area contributed by atoms with Crippen LogP contribution in [-0.2, 0) is 0 Å². The van der Waals surface area contributed by atoms with Gasteiger partial charge in [0.15, 0.2) is 0 Å². The Morgan fingerprint density at radius 2 is 0.473 bits per heavy atom.